The summed E-state index contributed by atoms with van der Waals surface area (Å²) < 4.78 is 11.0. The quantitative estimate of drug-likeness (QED) is 0.403. The summed E-state index contributed by atoms with van der Waals surface area (Å²) in [5.74, 6) is -2.65. The zero-order valence-electron chi connectivity index (χ0n) is 16.6. The molecule has 0 radical (unpaired) electrons. The first-order valence-corrected chi connectivity index (χ1v) is 9.46. The van der Waals surface area contributed by atoms with Gasteiger partial charge in [0, 0.05) is 0 Å². The maximum absolute atomic E-state index is 12.3. The highest BCUT2D eigenvalue weighted by Crippen LogP contribution is 2.37. The highest BCUT2D eigenvalue weighted by Gasteiger charge is 2.34. The summed E-state index contributed by atoms with van der Waals surface area (Å²) >= 11 is 6.32. The molecule has 1 aliphatic rings. The van der Waals surface area contributed by atoms with Crippen LogP contribution in [-0.4, -0.2) is 52.6 Å². The standard InChI is InChI=1S/C21H17ClN2O8/c1-31-16-8-12(7-15-19(27)24(9-17(25)26)21(30)23-15)6-14(22)18(16)32-10-11-2-4-13(5-3-11)20(28)29/h2-8H,9-10H2,1H3,(H,23,30)(H,25,26)(H,28,29)/b15-7+. The van der Waals surface area contributed by atoms with Crippen molar-refractivity contribution >= 4 is 41.6 Å². The van der Waals surface area contributed by atoms with Crippen molar-refractivity contribution in [3.05, 3.63) is 63.8 Å². The van der Waals surface area contributed by atoms with Crippen LogP contribution >= 0.6 is 11.6 Å². The molecule has 0 aliphatic carbocycles. The first-order valence-electron chi connectivity index (χ1n) is 9.08. The van der Waals surface area contributed by atoms with Gasteiger partial charge in [-0.15, -0.1) is 0 Å². The lowest BCUT2D eigenvalue weighted by atomic mass is 10.1. The number of urea groups is 1. The third-order valence-corrected chi connectivity index (χ3v) is 4.68. The number of benzene rings is 2. The Balaban J connectivity index is 1.80. The van der Waals surface area contributed by atoms with Crippen LogP contribution in [0.25, 0.3) is 6.08 Å². The molecule has 3 amide bonds. The number of carboxylic acid groups (broad SMARTS) is 2. The van der Waals surface area contributed by atoms with Crippen LogP contribution in [0, 0.1) is 0 Å². The van der Waals surface area contributed by atoms with Crippen LogP contribution < -0.4 is 14.8 Å². The van der Waals surface area contributed by atoms with Crippen LogP contribution in [0.3, 0.4) is 0 Å². The van der Waals surface area contributed by atoms with Crippen molar-refractivity contribution in [3.8, 4) is 11.5 Å². The molecule has 1 heterocycles. The van der Waals surface area contributed by atoms with Crippen LogP contribution in [-0.2, 0) is 16.2 Å². The number of nitrogens with one attached hydrogen (secondary N) is 1. The fourth-order valence-corrected chi connectivity index (χ4v) is 3.15. The Kier molecular flexibility index (Phi) is 6.64. The van der Waals surface area contributed by atoms with E-state index in [1.54, 1.807) is 12.1 Å². The number of nitrogens with zero attached hydrogens (tertiary/aromatic N) is 1. The minimum absolute atomic E-state index is 0.0924. The molecule has 0 bridgehead atoms. The number of halogens is 1. The minimum atomic E-state index is -1.32. The average Bonchev–Trinajstić information content (AvgIpc) is 2.99. The zero-order chi connectivity index (χ0) is 23.4. The summed E-state index contributed by atoms with van der Waals surface area (Å²) in [5.41, 5.74) is 1.15. The Morgan fingerprint density at radius 2 is 1.84 bits per heavy atom. The number of carbonyl (C=O) groups excluding carboxylic acids is 2. The molecule has 10 nitrogen and oxygen atoms in total. The van der Waals surface area contributed by atoms with Crippen LogP contribution in [0.4, 0.5) is 4.79 Å². The fraction of sp³-hybridized carbons (Fsp3) is 0.143. The molecule has 0 unspecified atom stereocenters. The molecule has 3 rings (SSSR count). The second-order valence-electron chi connectivity index (χ2n) is 6.60. The predicted molar refractivity (Wildman–Crippen MR) is 112 cm³/mol. The second kappa shape index (κ2) is 9.40. The van der Waals surface area contributed by atoms with E-state index < -0.39 is 30.4 Å². The van der Waals surface area contributed by atoms with Crippen LogP contribution in [0.5, 0.6) is 11.5 Å². The van der Waals surface area contributed by atoms with Gasteiger partial charge in [-0.3, -0.25) is 9.59 Å². The van der Waals surface area contributed by atoms with Gasteiger partial charge in [-0.1, -0.05) is 23.7 Å². The molecule has 2 aromatic rings. The number of carboxylic acids is 2. The van der Waals surface area contributed by atoms with E-state index in [-0.39, 0.29) is 34.4 Å². The monoisotopic (exact) mass is 460 g/mol. The van der Waals surface area contributed by atoms with E-state index in [4.69, 9.17) is 31.3 Å². The first kappa shape index (κ1) is 22.6. The summed E-state index contributed by atoms with van der Waals surface area (Å²) in [6, 6.07) is 8.31. The molecule has 11 heteroatoms. The number of carbonyl (C=O) groups is 4. The van der Waals surface area contributed by atoms with E-state index >= 15 is 0 Å². The van der Waals surface area contributed by atoms with Crippen molar-refractivity contribution in [2.75, 3.05) is 13.7 Å². The molecule has 0 saturated carbocycles. The number of imide groups is 1. The van der Waals surface area contributed by atoms with Crippen molar-refractivity contribution in [2.45, 2.75) is 6.61 Å². The van der Waals surface area contributed by atoms with Gasteiger partial charge in [0.25, 0.3) is 5.91 Å². The Hall–Kier alpha value is -4.05. The molecule has 1 saturated heterocycles. The number of aliphatic carboxylic acids is 1. The molecule has 166 valence electrons. The number of hydrogen-bond donors (Lipinski definition) is 3. The van der Waals surface area contributed by atoms with Gasteiger partial charge in [0.1, 0.15) is 18.8 Å². The van der Waals surface area contributed by atoms with Crippen molar-refractivity contribution in [1.29, 1.82) is 0 Å². The Morgan fingerprint density at radius 1 is 1.16 bits per heavy atom. The molecule has 1 aliphatic heterocycles. The lowest BCUT2D eigenvalue weighted by molar-refractivity contribution is -0.140. The highest BCUT2D eigenvalue weighted by molar-refractivity contribution is 6.32. The molecule has 32 heavy (non-hydrogen) atoms. The second-order valence-corrected chi connectivity index (χ2v) is 7.01. The molecular formula is C21H17ClN2O8. The predicted octanol–water partition coefficient (Wildman–Crippen LogP) is 2.60. The maximum atomic E-state index is 12.3. The lowest BCUT2D eigenvalue weighted by Gasteiger charge is -2.14. The summed E-state index contributed by atoms with van der Waals surface area (Å²) in [7, 11) is 1.40. The number of amides is 3. The van der Waals surface area contributed by atoms with Gasteiger partial charge in [0.15, 0.2) is 11.5 Å². The van der Waals surface area contributed by atoms with E-state index in [1.807, 2.05) is 0 Å². The topological polar surface area (TPSA) is 142 Å². The van der Waals surface area contributed by atoms with Gasteiger partial charge in [0.05, 0.1) is 17.7 Å². The molecule has 1 fully saturated rings. The first-order chi connectivity index (χ1) is 15.2. The summed E-state index contributed by atoms with van der Waals surface area (Å²) in [5, 5.41) is 20.3. The molecule has 0 atom stereocenters. The average molecular weight is 461 g/mol. The summed E-state index contributed by atoms with van der Waals surface area (Å²) in [4.78, 5) is 46.4. The van der Waals surface area contributed by atoms with E-state index in [0.29, 0.717) is 16.0 Å². The number of methoxy groups -OCH3 is 1. The smallest absolute Gasteiger partial charge is 0.335 e. The van der Waals surface area contributed by atoms with Crippen LogP contribution in [0.15, 0.2) is 42.1 Å². The maximum Gasteiger partial charge on any atom is 0.335 e. The van der Waals surface area contributed by atoms with Crippen molar-refractivity contribution in [2.24, 2.45) is 0 Å². The van der Waals surface area contributed by atoms with Gasteiger partial charge >= 0.3 is 18.0 Å². The van der Waals surface area contributed by atoms with Crippen molar-refractivity contribution in [3.63, 3.8) is 0 Å². The fourth-order valence-electron chi connectivity index (χ4n) is 2.88. The molecular weight excluding hydrogens is 444 g/mol. The highest BCUT2D eigenvalue weighted by atomic mass is 35.5. The zero-order valence-corrected chi connectivity index (χ0v) is 17.4. The van der Waals surface area contributed by atoms with Gasteiger partial charge in [-0.05, 0) is 41.5 Å². The molecule has 0 aromatic heterocycles. The molecule has 2 aromatic carbocycles. The molecule has 0 spiro atoms. The van der Waals surface area contributed by atoms with Gasteiger partial charge < -0.3 is 25.0 Å². The normalized spacial score (nSPS) is 14.4. The van der Waals surface area contributed by atoms with E-state index in [2.05, 4.69) is 5.32 Å². The summed E-state index contributed by atoms with van der Waals surface area (Å²) in [6.45, 7) is -0.665. The molecule has 3 N–H and O–H groups in total. The van der Waals surface area contributed by atoms with Gasteiger partial charge in [-0.25, -0.2) is 14.5 Å². The minimum Gasteiger partial charge on any atom is -0.493 e. The summed E-state index contributed by atoms with van der Waals surface area (Å²) in [6.07, 6.45) is 1.34. The Labute approximate surface area is 186 Å². The van der Waals surface area contributed by atoms with E-state index in [0.717, 1.165) is 0 Å². The lowest BCUT2D eigenvalue weighted by Crippen LogP contribution is -2.35. The third-order valence-electron chi connectivity index (χ3n) is 4.40. The van der Waals surface area contributed by atoms with Crippen LogP contribution in [0.2, 0.25) is 5.02 Å². The number of aromatic carboxylic acids is 1. The number of ether oxygens (including phenoxy) is 2. The number of hydrogen-bond acceptors (Lipinski definition) is 6. The Morgan fingerprint density at radius 3 is 2.44 bits per heavy atom. The van der Waals surface area contributed by atoms with E-state index in [1.165, 1.54) is 37.5 Å². The van der Waals surface area contributed by atoms with E-state index in [9.17, 15) is 19.2 Å². The van der Waals surface area contributed by atoms with Gasteiger partial charge in [0.2, 0.25) is 0 Å². The largest absolute Gasteiger partial charge is 0.493 e. The van der Waals surface area contributed by atoms with Crippen molar-refractivity contribution in [1.82, 2.24) is 10.2 Å². The SMILES string of the molecule is COc1cc(/C=C2/NC(=O)N(CC(=O)O)C2=O)cc(Cl)c1OCc1ccc(C(=O)O)cc1. The van der Waals surface area contributed by atoms with Crippen LogP contribution in [0.1, 0.15) is 21.5 Å². The Bertz CT molecular complexity index is 1130. The van der Waals surface area contributed by atoms with Crippen molar-refractivity contribution < 1.29 is 38.9 Å². The number of rotatable bonds is 8. The van der Waals surface area contributed by atoms with Gasteiger partial charge in [-0.2, -0.15) is 0 Å². The third kappa shape index (κ3) is 4.98.